The van der Waals surface area contributed by atoms with Gasteiger partial charge in [0.05, 0.1) is 5.56 Å². The summed E-state index contributed by atoms with van der Waals surface area (Å²) in [5.74, 6) is 0. The van der Waals surface area contributed by atoms with Crippen LogP contribution in [0.5, 0.6) is 0 Å². The quantitative estimate of drug-likeness (QED) is 0.854. The zero-order valence-corrected chi connectivity index (χ0v) is 9.94. The van der Waals surface area contributed by atoms with Crippen molar-refractivity contribution in [2.24, 2.45) is 0 Å². The molecule has 1 aromatic rings. The van der Waals surface area contributed by atoms with E-state index in [1.54, 1.807) is 6.92 Å². The Morgan fingerprint density at radius 1 is 1.21 bits per heavy atom. The number of halogens is 6. The molecule has 2 nitrogen and oxygen atoms in total. The Balaban J connectivity index is 3.23. The van der Waals surface area contributed by atoms with Crippen molar-refractivity contribution < 1.29 is 26.3 Å². The summed E-state index contributed by atoms with van der Waals surface area (Å²) in [6, 6.07) is -1.83. The summed E-state index contributed by atoms with van der Waals surface area (Å²) in [5.41, 5.74) is -2.23. The molecule has 0 fully saturated rings. The molecule has 0 spiro atoms. The molecule has 1 rings (SSSR count). The first-order valence-electron chi connectivity index (χ1n) is 5.49. The molecule has 1 heterocycles. The molecule has 0 saturated carbocycles. The van der Waals surface area contributed by atoms with E-state index in [-0.39, 0.29) is 6.54 Å². The van der Waals surface area contributed by atoms with Crippen molar-refractivity contribution in [1.29, 1.82) is 0 Å². The minimum atomic E-state index is -4.85. The fourth-order valence-electron chi connectivity index (χ4n) is 1.59. The zero-order valence-electron chi connectivity index (χ0n) is 9.94. The second kappa shape index (κ2) is 5.77. The summed E-state index contributed by atoms with van der Waals surface area (Å²) in [6.07, 6.45) is -7.88. The lowest BCUT2D eigenvalue weighted by Gasteiger charge is -2.24. The number of alkyl halides is 6. The van der Waals surface area contributed by atoms with Crippen LogP contribution in [0.3, 0.4) is 0 Å². The number of rotatable bonds is 4. The monoisotopic (exact) mass is 286 g/mol. The Hall–Kier alpha value is -1.31. The average molecular weight is 286 g/mol. The first-order valence-corrected chi connectivity index (χ1v) is 5.49. The van der Waals surface area contributed by atoms with E-state index in [2.05, 4.69) is 10.3 Å². The minimum Gasteiger partial charge on any atom is -0.302 e. The number of hydrogen-bond donors (Lipinski definition) is 1. The summed E-state index contributed by atoms with van der Waals surface area (Å²) in [5, 5.41) is 2.07. The maximum Gasteiger partial charge on any atom is 0.416 e. The SMILES string of the molecule is CCCNC(c1cnccc1C(F)(F)F)C(F)(F)F. The van der Waals surface area contributed by atoms with Crippen LogP contribution in [0, 0.1) is 0 Å². The van der Waals surface area contributed by atoms with E-state index >= 15 is 0 Å². The normalized spacial score (nSPS) is 14.5. The second-order valence-corrected chi connectivity index (χ2v) is 3.89. The van der Waals surface area contributed by atoms with E-state index in [1.165, 1.54) is 0 Å². The van der Waals surface area contributed by atoms with Crippen molar-refractivity contribution in [3.8, 4) is 0 Å². The summed E-state index contributed by atoms with van der Waals surface area (Å²) >= 11 is 0. The van der Waals surface area contributed by atoms with Gasteiger partial charge < -0.3 is 5.32 Å². The first kappa shape index (κ1) is 15.7. The highest BCUT2D eigenvalue weighted by Gasteiger charge is 2.45. The molecule has 1 N–H and O–H groups in total. The van der Waals surface area contributed by atoms with E-state index in [0.717, 1.165) is 6.20 Å². The number of aromatic nitrogens is 1. The third-order valence-corrected chi connectivity index (χ3v) is 2.39. The summed E-state index contributed by atoms with van der Waals surface area (Å²) < 4.78 is 76.6. The van der Waals surface area contributed by atoms with Crippen LogP contribution in [0.2, 0.25) is 0 Å². The summed E-state index contributed by atoms with van der Waals surface area (Å²) in [4.78, 5) is 3.36. The molecule has 1 atom stereocenters. The molecule has 0 bridgehead atoms. The van der Waals surface area contributed by atoms with E-state index in [4.69, 9.17) is 0 Å². The second-order valence-electron chi connectivity index (χ2n) is 3.89. The highest BCUT2D eigenvalue weighted by atomic mass is 19.4. The van der Waals surface area contributed by atoms with E-state index in [0.29, 0.717) is 18.7 Å². The van der Waals surface area contributed by atoms with Gasteiger partial charge in [-0.15, -0.1) is 0 Å². The molecule has 0 aliphatic carbocycles. The Kier molecular flexibility index (Phi) is 4.78. The van der Waals surface area contributed by atoms with Gasteiger partial charge in [-0.05, 0) is 19.0 Å². The fraction of sp³-hybridized carbons (Fsp3) is 0.545. The molecular weight excluding hydrogens is 274 g/mol. The largest absolute Gasteiger partial charge is 0.416 e. The van der Waals surface area contributed by atoms with Crippen molar-refractivity contribution >= 4 is 0 Å². The van der Waals surface area contributed by atoms with Crippen molar-refractivity contribution in [3.63, 3.8) is 0 Å². The summed E-state index contributed by atoms with van der Waals surface area (Å²) in [6.45, 7) is 1.57. The van der Waals surface area contributed by atoms with Gasteiger partial charge >= 0.3 is 12.4 Å². The molecule has 0 aliphatic heterocycles. The molecule has 1 aromatic heterocycles. The van der Waals surface area contributed by atoms with E-state index in [9.17, 15) is 26.3 Å². The van der Waals surface area contributed by atoms with Gasteiger partial charge in [0.25, 0.3) is 0 Å². The Morgan fingerprint density at radius 2 is 1.84 bits per heavy atom. The lowest BCUT2D eigenvalue weighted by atomic mass is 10.0. The molecule has 0 radical (unpaired) electrons. The molecular formula is C11H12F6N2. The van der Waals surface area contributed by atoms with Gasteiger partial charge in [0, 0.05) is 18.0 Å². The van der Waals surface area contributed by atoms with Gasteiger partial charge in [0.15, 0.2) is 0 Å². The van der Waals surface area contributed by atoms with Gasteiger partial charge in [-0.1, -0.05) is 6.92 Å². The third kappa shape index (κ3) is 4.09. The fourth-order valence-corrected chi connectivity index (χ4v) is 1.59. The molecule has 0 aromatic carbocycles. The maximum absolute atomic E-state index is 12.8. The smallest absolute Gasteiger partial charge is 0.302 e. The molecule has 0 amide bonds. The van der Waals surface area contributed by atoms with Crippen LogP contribution in [-0.4, -0.2) is 17.7 Å². The highest BCUT2D eigenvalue weighted by molar-refractivity contribution is 5.30. The average Bonchev–Trinajstić information content (AvgIpc) is 2.27. The Bertz CT molecular complexity index is 412. The third-order valence-electron chi connectivity index (χ3n) is 2.39. The lowest BCUT2D eigenvalue weighted by molar-refractivity contribution is -0.162. The number of pyridine rings is 1. The van der Waals surface area contributed by atoms with Crippen molar-refractivity contribution in [2.45, 2.75) is 31.7 Å². The van der Waals surface area contributed by atoms with Crippen molar-refractivity contribution in [2.75, 3.05) is 6.54 Å². The molecule has 19 heavy (non-hydrogen) atoms. The number of nitrogens with one attached hydrogen (secondary N) is 1. The predicted octanol–water partition coefficient (Wildman–Crippen LogP) is 3.70. The van der Waals surface area contributed by atoms with Crippen LogP contribution in [0.4, 0.5) is 26.3 Å². The first-order chi connectivity index (χ1) is 8.68. The molecule has 108 valence electrons. The van der Waals surface area contributed by atoms with Gasteiger partial charge in [-0.25, -0.2) is 0 Å². The molecule has 1 unspecified atom stereocenters. The van der Waals surface area contributed by atoms with Gasteiger partial charge in [0.2, 0.25) is 0 Å². The molecule has 0 saturated heterocycles. The zero-order chi connectivity index (χ0) is 14.7. The van der Waals surface area contributed by atoms with Crippen LogP contribution in [0.25, 0.3) is 0 Å². The summed E-state index contributed by atoms with van der Waals surface area (Å²) in [7, 11) is 0. The minimum absolute atomic E-state index is 0.0453. The standard InChI is InChI=1S/C11H12F6N2/c1-2-4-19-9(11(15,16)17)7-6-18-5-3-8(7)10(12,13)14/h3,5-6,9,19H,2,4H2,1H3. The Morgan fingerprint density at radius 3 is 2.32 bits per heavy atom. The predicted molar refractivity (Wildman–Crippen MR) is 56.3 cm³/mol. The van der Waals surface area contributed by atoms with E-state index in [1.807, 2.05) is 0 Å². The van der Waals surface area contributed by atoms with Crippen molar-refractivity contribution in [1.82, 2.24) is 10.3 Å². The van der Waals surface area contributed by atoms with Crippen LogP contribution in [0.15, 0.2) is 18.5 Å². The van der Waals surface area contributed by atoms with Crippen LogP contribution in [0.1, 0.15) is 30.5 Å². The lowest BCUT2D eigenvalue weighted by Crippen LogP contribution is -2.36. The van der Waals surface area contributed by atoms with Crippen LogP contribution >= 0.6 is 0 Å². The molecule has 0 aliphatic rings. The van der Waals surface area contributed by atoms with Gasteiger partial charge in [0.1, 0.15) is 6.04 Å². The number of nitrogens with zero attached hydrogens (tertiary/aromatic N) is 1. The van der Waals surface area contributed by atoms with Crippen LogP contribution < -0.4 is 5.32 Å². The van der Waals surface area contributed by atoms with Gasteiger partial charge in [-0.3, -0.25) is 4.98 Å². The molecule has 8 heteroatoms. The van der Waals surface area contributed by atoms with Crippen molar-refractivity contribution in [3.05, 3.63) is 29.6 Å². The Labute approximate surface area is 105 Å². The van der Waals surface area contributed by atoms with Crippen LogP contribution in [-0.2, 0) is 6.18 Å². The topological polar surface area (TPSA) is 24.9 Å². The van der Waals surface area contributed by atoms with E-state index < -0.39 is 29.5 Å². The number of hydrogen-bond acceptors (Lipinski definition) is 2. The highest BCUT2D eigenvalue weighted by Crippen LogP contribution is 2.39. The van der Waals surface area contributed by atoms with Gasteiger partial charge in [-0.2, -0.15) is 26.3 Å². The maximum atomic E-state index is 12.8.